The molecule has 26 heavy (non-hydrogen) atoms. The summed E-state index contributed by atoms with van der Waals surface area (Å²) in [5.41, 5.74) is 1.58. The van der Waals surface area contributed by atoms with Crippen molar-refractivity contribution in [2.24, 2.45) is 0 Å². The van der Waals surface area contributed by atoms with Crippen LogP contribution in [0.4, 0.5) is 14.5 Å². The smallest absolute Gasteiger partial charge is 0.311 e. The van der Waals surface area contributed by atoms with Crippen molar-refractivity contribution in [2.75, 3.05) is 11.9 Å². The number of nitrogens with one attached hydrogen (secondary N) is 1. The van der Waals surface area contributed by atoms with E-state index >= 15 is 0 Å². The molecule has 2 aromatic heterocycles. The van der Waals surface area contributed by atoms with Crippen LogP contribution in [-0.4, -0.2) is 34.2 Å². The molecule has 2 rings (SSSR count). The molecule has 0 unspecified atom stereocenters. The molecule has 0 fully saturated rings. The van der Waals surface area contributed by atoms with Crippen molar-refractivity contribution in [3.63, 3.8) is 0 Å². The molecule has 0 saturated heterocycles. The highest BCUT2D eigenvalue weighted by Gasteiger charge is 2.15. The van der Waals surface area contributed by atoms with Crippen LogP contribution in [0.5, 0.6) is 0 Å². The van der Waals surface area contributed by atoms with E-state index in [1.54, 1.807) is 26.0 Å². The van der Waals surface area contributed by atoms with E-state index in [9.17, 15) is 18.4 Å². The lowest BCUT2D eigenvalue weighted by Crippen LogP contribution is -2.15. The van der Waals surface area contributed by atoms with Gasteiger partial charge in [0.1, 0.15) is 0 Å². The first-order chi connectivity index (χ1) is 12.4. The number of thiazole rings is 1. The molecule has 0 radical (unpaired) electrons. The highest BCUT2D eigenvalue weighted by molar-refractivity contribution is 8.01. The summed E-state index contributed by atoms with van der Waals surface area (Å²) < 4.78 is 29.8. The average molecular weight is 401 g/mol. The molecule has 0 aromatic carbocycles. The SMILES string of the molecule is CCOC(=O)Cc1ccc(NC(=O)Cc2sc(SC(F)F)nc2C)cn1. The number of aromatic nitrogens is 2. The Morgan fingerprint density at radius 3 is 2.73 bits per heavy atom. The molecule has 6 nitrogen and oxygen atoms in total. The standard InChI is InChI=1S/C16H17F2N3O3S2/c1-3-24-14(23)6-10-4-5-11(8-19-10)21-13(22)7-12-9(2)20-16(25-12)26-15(17)18/h4-5,8,15H,3,6-7H2,1-2H3,(H,21,22). The van der Waals surface area contributed by atoms with Crippen LogP contribution in [0.15, 0.2) is 22.7 Å². The number of anilines is 1. The molecule has 2 heterocycles. The van der Waals surface area contributed by atoms with E-state index in [0.717, 1.165) is 11.3 Å². The summed E-state index contributed by atoms with van der Waals surface area (Å²) in [7, 11) is 0. The molecule has 1 N–H and O–H groups in total. The van der Waals surface area contributed by atoms with Crippen molar-refractivity contribution in [1.29, 1.82) is 0 Å². The van der Waals surface area contributed by atoms with E-state index < -0.39 is 5.76 Å². The van der Waals surface area contributed by atoms with Crippen LogP contribution < -0.4 is 5.32 Å². The number of esters is 1. The molecule has 10 heteroatoms. The Morgan fingerprint density at radius 2 is 2.12 bits per heavy atom. The summed E-state index contributed by atoms with van der Waals surface area (Å²) in [5.74, 6) is -3.21. The van der Waals surface area contributed by atoms with Crippen LogP contribution in [0.1, 0.15) is 23.2 Å². The van der Waals surface area contributed by atoms with Gasteiger partial charge in [0.15, 0.2) is 4.34 Å². The number of hydrogen-bond acceptors (Lipinski definition) is 7. The summed E-state index contributed by atoms with van der Waals surface area (Å²) in [6.45, 7) is 3.71. The summed E-state index contributed by atoms with van der Waals surface area (Å²) in [6, 6.07) is 3.26. The maximum absolute atomic E-state index is 12.4. The lowest BCUT2D eigenvalue weighted by molar-refractivity contribution is -0.142. The van der Waals surface area contributed by atoms with Gasteiger partial charge in [-0.2, -0.15) is 8.78 Å². The van der Waals surface area contributed by atoms with Crippen LogP contribution in [0.2, 0.25) is 0 Å². The van der Waals surface area contributed by atoms with E-state index in [4.69, 9.17) is 4.74 Å². The predicted molar refractivity (Wildman–Crippen MR) is 95.6 cm³/mol. The van der Waals surface area contributed by atoms with Gasteiger partial charge in [-0.25, -0.2) is 4.98 Å². The van der Waals surface area contributed by atoms with E-state index in [0.29, 0.717) is 40.3 Å². The minimum Gasteiger partial charge on any atom is -0.466 e. The number of hydrogen-bond donors (Lipinski definition) is 1. The van der Waals surface area contributed by atoms with Crippen molar-refractivity contribution >= 4 is 40.7 Å². The topological polar surface area (TPSA) is 81.2 Å². The minimum atomic E-state index is -2.54. The zero-order valence-electron chi connectivity index (χ0n) is 14.1. The van der Waals surface area contributed by atoms with Crippen molar-refractivity contribution in [3.8, 4) is 0 Å². The molecule has 0 bridgehead atoms. The fourth-order valence-electron chi connectivity index (χ4n) is 2.01. The van der Waals surface area contributed by atoms with Crippen LogP contribution >= 0.6 is 23.1 Å². The molecule has 0 saturated carbocycles. The van der Waals surface area contributed by atoms with Gasteiger partial charge >= 0.3 is 5.97 Å². The zero-order chi connectivity index (χ0) is 19.1. The Balaban J connectivity index is 1.91. The second kappa shape index (κ2) is 9.58. The number of halogens is 2. The fraction of sp³-hybridized carbons (Fsp3) is 0.375. The van der Waals surface area contributed by atoms with Crippen LogP contribution in [0.3, 0.4) is 0 Å². The van der Waals surface area contributed by atoms with Gasteiger partial charge in [0.25, 0.3) is 5.76 Å². The molecule has 0 spiro atoms. The molecule has 0 atom stereocenters. The highest BCUT2D eigenvalue weighted by Crippen LogP contribution is 2.31. The van der Waals surface area contributed by atoms with E-state index in [1.165, 1.54) is 6.20 Å². The first-order valence-corrected chi connectivity index (χ1v) is 9.38. The zero-order valence-corrected chi connectivity index (χ0v) is 15.8. The van der Waals surface area contributed by atoms with E-state index in [-0.39, 0.29) is 29.1 Å². The predicted octanol–water partition coefficient (Wildman–Crippen LogP) is 3.45. The maximum atomic E-state index is 12.4. The minimum absolute atomic E-state index is 0.0396. The van der Waals surface area contributed by atoms with Gasteiger partial charge in [-0.05, 0) is 37.7 Å². The van der Waals surface area contributed by atoms with Crippen molar-refractivity contribution in [3.05, 3.63) is 34.6 Å². The van der Waals surface area contributed by atoms with Crippen molar-refractivity contribution in [2.45, 2.75) is 36.8 Å². The summed E-state index contributed by atoms with van der Waals surface area (Å²) in [4.78, 5) is 32.3. The van der Waals surface area contributed by atoms with Crippen LogP contribution in [0, 0.1) is 6.92 Å². The van der Waals surface area contributed by atoms with Gasteiger partial charge < -0.3 is 10.1 Å². The summed E-state index contributed by atoms with van der Waals surface area (Å²) in [6.07, 6.45) is 1.55. The van der Waals surface area contributed by atoms with E-state index in [1.807, 2.05) is 0 Å². The molecule has 0 aliphatic heterocycles. The molecular formula is C16H17F2N3O3S2. The van der Waals surface area contributed by atoms with Gasteiger partial charge in [0, 0.05) is 4.88 Å². The lowest BCUT2D eigenvalue weighted by Gasteiger charge is -2.06. The number of nitrogens with zero attached hydrogens (tertiary/aromatic N) is 2. The summed E-state index contributed by atoms with van der Waals surface area (Å²) >= 11 is 1.45. The van der Waals surface area contributed by atoms with Gasteiger partial charge in [-0.3, -0.25) is 14.6 Å². The normalized spacial score (nSPS) is 10.8. The van der Waals surface area contributed by atoms with Gasteiger partial charge in [0.2, 0.25) is 5.91 Å². The Labute approximate surface area is 157 Å². The molecular weight excluding hydrogens is 384 g/mol. The maximum Gasteiger partial charge on any atom is 0.311 e. The number of aryl methyl sites for hydroxylation is 1. The quantitative estimate of drug-likeness (QED) is 0.539. The molecule has 0 aliphatic carbocycles. The monoisotopic (exact) mass is 401 g/mol. The van der Waals surface area contributed by atoms with Crippen molar-refractivity contribution in [1.82, 2.24) is 9.97 Å². The molecule has 1 amide bonds. The van der Waals surface area contributed by atoms with Crippen LogP contribution in [-0.2, 0) is 27.2 Å². The largest absolute Gasteiger partial charge is 0.466 e. The van der Waals surface area contributed by atoms with Gasteiger partial charge in [-0.1, -0.05) is 0 Å². The number of rotatable bonds is 8. The Hall–Kier alpha value is -2.07. The third-order valence-corrected chi connectivity index (χ3v) is 5.09. The second-order valence-electron chi connectivity index (χ2n) is 5.11. The number of pyridine rings is 1. The second-order valence-corrected chi connectivity index (χ2v) is 7.43. The lowest BCUT2D eigenvalue weighted by atomic mass is 10.2. The highest BCUT2D eigenvalue weighted by atomic mass is 32.2. The van der Waals surface area contributed by atoms with Gasteiger partial charge in [0.05, 0.1) is 42.7 Å². The molecule has 0 aliphatic rings. The third-order valence-electron chi connectivity index (χ3n) is 3.12. The Kier molecular flexibility index (Phi) is 7.46. The Bertz CT molecular complexity index is 767. The number of thioether (sulfide) groups is 1. The number of alkyl halides is 2. The average Bonchev–Trinajstić information content (AvgIpc) is 2.88. The van der Waals surface area contributed by atoms with E-state index in [2.05, 4.69) is 15.3 Å². The van der Waals surface area contributed by atoms with Crippen LogP contribution in [0.25, 0.3) is 0 Å². The fourth-order valence-corrected chi connectivity index (χ4v) is 3.85. The number of ether oxygens (including phenoxy) is 1. The number of carbonyl (C=O) groups is 2. The Morgan fingerprint density at radius 1 is 1.35 bits per heavy atom. The summed E-state index contributed by atoms with van der Waals surface area (Å²) in [5, 5.41) is 2.68. The number of amides is 1. The number of carbonyl (C=O) groups excluding carboxylic acids is 2. The van der Waals surface area contributed by atoms with Gasteiger partial charge in [-0.15, -0.1) is 11.3 Å². The first-order valence-electron chi connectivity index (χ1n) is 7.69. The molecule has 140 valence electrons. The molecule has 2 aromatic rings. The third kappa shape index (κ3) is 6.34. The van der Waals surface area contributed by atoms with Crippen molar-refractivity contribution < 1.29 is 23.1 Å². The first kappa shape index (κ1) is 20.2.